The van der Waals surface area contributed by atoms with E-state index in [2.05, 4.69) is 0 Å². The van der Waals surface area contributed by atoms with Gasteiger partial charge in [0.1, 0.15) is 10.1 Å². The van der Waals surface area contributed by atoms with Crippen LogP contribution in [0.2, 0.25) is 0 Å². The van der Waals surface area contributed by atoms with E-state index in [-0.39, 0.29) is 17.8 Å². The highest BCUT2D eigenvalue weighted by atomic mass is 32.2. The van der Waals surface area contributed by atoms with Crippen LogP contribution in [-0.2, 0) is 4.79 Å². The van der Waals surface area contributed by atoms with Gasteiger partial charge in [0.2, 0.25) is 0 Å². The number of carbonyl (C=O) groups is 1. The third-order valence-electron chi connectivity index (χ3n) is 3.02. The van der Waals surface area contributed by atoms with Crippen LogP contribution < -0.4 is 0 Å². The third kappa shape index (κ3) is 3.04. The molecule has 0 unspecified atom stereocenters. The van der Waals surface area contributed by atoms with Crippen molar-refractivity contribution in [1.82, 2.24) is 4.90 Å². The molecule has 1 aliphatic rings. The van der Waals surface area contributed by atoms with Gasteiger partial charge in [0, 0.05) is 6.04 Å². The van der Waals surface area contributed by atoms with Crippen LogP contribution in [0.25, 0.3) is 6.08 Å². The molecule has 1 saturated heterocycles. The maximum atomic E-state index is 12.8. The maximum Gasteiger partial charge on any atom is 0.266 e. The summed E-state index contributed by atoms with van der Waals surface area (Å²) in [4.78, 5) is 14.5. The standard InChI is InChI=1S/C14H14FNOS2/c1-3-9(2)16-13(17)12(19-14(16)18)8-10-4-6-11(15)7-5-10/h4-9H,3H2,1-2H3/b12-8-/t9-/m1/s1. The van der Waals surface area contributed by atoms with E-state index in [4.69, 9.17) is 12.2 Å². The van der Waals surface area contributed by atoms with Crippen LogP contribution >= 0.6 is 24.0 Å². The molecule has 0 aromatic heterocycles. The minimum absolute atomic E-state index is 0.0614. The Balaban J connectivity index is 2.25. The second-order valence-electron chi connectivity index (χ2n) is 4.36. The number of benzene rings is 1. The lowest BCUT2D eigenvalue weighted by Gasteiger charge is -2.21. The number of hydrogen-bond acceptors (Lipinski definition) is 3. The fraction of sp³-hybridized carbons (Fsp3) is 0.286. The predicted octanol–water partition coefficient (Wildman–Crippen LogP) is 3.83. The molecule has 0 saturated carbocycles. The van der Waals surface area contributed by atoms with E-state index in [9.17, 15) is 9.18 Å². The monoisotopic (exact) mass is 295 g/mol. The van der Waals surface area contributed by atoms with Crippen molar-refractivity contribution in [1.29, 1.82) is 0 Å². The molecular weight excluding hydrogens is 281 g/mol. The molecule has 2 rings (SSSR count). The van der Waals surface area contributed by atoms with Gasteiger partial charge in [0.05, 0.1) is 4.91 Å². The Hall–Kier alpha value is -1.20. The number of halogens is 1. The first-order chi connectivity index (χ1) is 9.02. The van der Waals surface area contributed by atoms with Crippen LogP contribution in [-0.4, -0.2) is 21.2 Å². The zero-order valence-electron chi connectivity index (χ0n) is 10.7. The summed E-state index contributed by atoms with van der Waals surface area (Å²) in [5.74, 6) is -0.349. The zero-order chi connectivity index (χ0) is 14.0. The molecule has 0 spiro atoms. The number of thioether (sulfide) groups is 1. The van der Waals surface area contributed by atoms with E-state index < -0.39 is 0 Å². The van der Waals surface area contributed by atoms with Crippen molar-refractivity contribution in [3.63, 3.8) is 0 Å². The van der Waals surface area contributed by atoms with Gasteiger partial charge in [0.25, 0.3) is 5.91 Å². The zero-order valence-corrected chi connectivity index (χ0v) is 12.4. The first kappa shape index (κ1) is 14.2. The first-order valence-electron chi connectivity index (χ1n) is 6.05. The summed E-state index contributed by atoms with van der Waals surface area (Å²) in [5, 5.41) is 0. The average Bonchev–Trinajstić information content (AvgIpc) is 2.66. The molecule has 19 heavy (non-hydrogen) atoms. The molecule has 1 atom stereocenters. The van der Waals surface area contributed by atoms with E-state index in [0.29, 0.717) is 9.23 Å². The molecule has 0 aliphatic carbocycles. The van der Waals surface area contributed by atoms with Crippen molar-refractivity contribution < 1.29 is 9.18 Å². The Kier molecular flexibility index (Phi) is 4.37. The van der Waals surface area contributed by atoms with Crippen LogP contribution in [0.3, 0.4) is 0 Å². The molecule has 1 aromatic carbocycles. The lowest BCUT2D eigenvalue weighted by molar-refractivity contribution is -0.123. The molecule has 5 heteroatoms. The Morgan fingerprint density at radius 1 is 1.42 bits per heavy atom. The van der Waals surface area contributed by atoms with Crippen LogP contribution in [0.4, 0.5) is 4.39 Å². The summed E-state index contributed by atoms with van der Waals surface area (Å²) in [6.07, 6.45) is 2.61. The number of carbonyl (C=O) groups excluding carboxylic acids is 1. The molecule has 0 radical (unpaired) electrons. The summed E-state index contributed by atoms with van der Waals surface area (Å²) in [6, 6.07) is 6.14. The Morgan fingerprint density at radius 3 is 2.63 bits per heavy atom. The minimum atomic E-state index is -0.288. The molecule has 0 N–H and O–H groups in total. The maximum absolute atomic E-state index is 12.8. The van der Waals surface area contributed by atoms with Crippen molar-refractivity contribution >= 4 is 40.3 Å². The van der Waals surface area contributed by atoms with E-state index in [1.807, 2.05) is 13.8 Å². The topological polar surface area (TPSA) is 20.3 Å². The van der Waals surface area contributed by atoms with Crippen molar-refractivity contribution in [3.05, 3.63) is 40.6 Å². The van der Waals surface area contributed by atoms with Crippen molar-refractivity contribution in [3.8, 4) is 0 Å². The van der Waals surface area contributed by atoms with E-state index >= 15 is 0 Å². The largest absolute Gasteiger partial charge is 0.290 e. The number of thiocarbonyl (C=S) groups is 1. The third-order valence-corrected chi connectivity index (χ3v) is 4.35. The van der Waals surface area contributed by atoms with Gasteiger partial charge >= 0.3 is 0 Å². The van der Waals surface area contributed by atoms with Gasteiger partial charge in [-0.25, -0.2) is 4.39 Å². The van der Waals surface area contributed by atoms with Gasteiger partial charge in [-0.3, -0.25) is 9.69 Å². The summed E-state index contributed by atoms with van der Waals surface area (Å²) in [5.41, 5.74) is 0.797. The van der Waals surface area contributed by atoms with Crippen LogP contribution in [0.15, 0.2) is 29.2 Å². The van der Waals surface area contributed by atoms with Gasteiger partial charge in [-0.2, -0.15) is 0 Å². The van der Waals surface area contributed by atoms with Crippen molar-refractivity contribution in [2.24, 2.45) is 0 Å². The van der Waals surface area contributed by atoms with Crippen molar-refractivity contribution in [2.75, 3.05) is 0 Å². The smallest absolute Gasteiger partial charge is 0.266 e. The molecule has 0 bridgehead atoms. The number of amides is 1. The van der Waals surface area contributed by atoms with Crippen LogP contribution in [0, 0.1) is 5.82 Å². The highest BCUT2D eigenvalue weighted by Gasteiger charge is 2.34. The Bertz CT molecular complexity index is 539. The molecule has 1 fully saturated rings. The fourth-order valence-electron chi connectivity index (χ4n) is 1.75. The highest BCUT2D eigenvalue weighted by Crippen LogP contribution is 2.34. The summed E-state index contributed by atoms with van der Waals surface area (Å²) in [6.45, 7) is 4.00. The lowest BCUT2D eigenvalue weighted by Crippen LogP contribution is -2.36. The summed E-state index contributed by atoms with van der Waals surface area (Å²) < 4.78 is 13.4. The van der Waals surface area contributed by atoms with E-state index in [1.54, 1.807) is 23.1 Å². The number of nitrogens with zero attached hydrogens (tertiary/aromatic N) is 1. The molecule has 1 heterocycles. The minimum Gasteiger partial charge on any atom is -0.290 e. The van der Waals surface area contributed by atoms with E-state index in [1.165, 1.54) is 23.9 Å². The molecule has 1 aliphatic heterocycles. The van der Waals surface area contributed by atoms with Gasteiger partial charge in [-0.15, -0.1) is 0 Å². The normalized spacial score (nSPS) is 19.3. The number of hydrogen-bond donors (Lipinski definition) is 0. The van der Waals surface area contributed by atoms with Gasteiger partial charge in [0.15, 0.2) is 0 Å². The van der Waals surface area contributed by atoms with Crippen LogP contribution in [0.5, 0.6) is 0 Å². The van der Waals surface area contributed by atoms with E-state index in [0.717, 1.165) is 12.0 Å². The Labute approximate surface area is 121 Å². The first-order valence-corrected chi connectivity index (χ1v) is 7.28. The highest BCUT2D eigenvalue weighted by molar-refractivity contribution is 8.26. The second-order valence-corrected chi connectivity index (χ2v) is 6.04. The second kappa shape index (κ2) is 5.84. The summed E-state index contributed by atoms with van der Waals surface area (Å²) >= 11 is 6.54. The molecule has 1 aromatic rings. The Morgan fingerprint density at radius 2 is 2.05 bits per heavy atom. The quantitative estimate of drug-likeness (QED) is 0.624. The lowest BCUT2D eigenvalue weighted by atomic mass is 10.2. The van der Waals surface area contributed by atoms with Gasteiger partial charge < -0.3 is 0 Å². The predicted molar refractivity (Wildman–Crippen MR) is 81.2 cm³/mol. The van der Waals surface area contributed by atoms with Crippen LogP contribution in [0.1, 0.15) is 25.8 Å². The number of rotatable bonds is 3. The molecule has 2 nitrogen and oxygen atoms in total. The molecule has 100 valence electrons. The SMILES string of the molecule is CC[C@@H](C)N1C(=O)/C(=C/c2ccc(F)cc2)SC1=S. The molecule has 1 amide bonds. The summed E-state index contributed by atoms with van der Waals surface area (Å²) in [7, 11) is 0. The van der Waals surface area contributed by atoms with Gasteiger partial charge in [-0.1, -0.05) is 43.0 Å². The average molecular weight is 295 g/mol. The fourth-order valence-corrected chi connectivity index (χ4v) is 3.21. The van der Waals surface area contributed by atoms with Crippen molar-refractivity contribution in [2.45, 2.75) is 26.3 Å². The van der Waals surface area contributed by atoms with Gasteiger partial charge in [-0.05, 0) is 37.1 Å². The molecular formula is C14H14FNOS2.